The average molecular weight is 376 g/mol. The molecule has 26 heavy (non-hydrogen) atoms. The molecule has 0 radical (unpaired) electrons. The number of ether oxygens (including phenoxy) is 1. The van der Waals surface area contributed by atoms with Crippen LogP contribution in [0.1, 0.15) is 43.4 Å². The smallest absolute Gasteiger partial charge is 0.338 e. The van der Waals surface area contributed by atoms with E-state index in [0.717, 1.165) is 30.4 Å². The van der Waals surface area contributed by atoms with Gasteiger partial charge in [-0.05, 0) is 37.6 Å². The number of aryl methyl sites for hydroxylation is 1. The maximum absolute atomic E-state index is 12.2. The summed E-state index contributed by atoms with van der Waals surface area (Å²) in [5.41, 5.74) is 1.09. The Balaban J connectivity index is 1.91. The number of amides is 1. The number of nitrogens with zero attached hydrogens (tertiary/aromatic N) is 3. The fourth-order valence-corrected chi connectivity index (χ4v) is 3.15. The Bertz CT molecular complexity index is 743. The van der Waals surface area contributed by atoms with Gasteiger partial charge in [0.15, 0.2) is 5.16 Å². The van der Waals surface area contributed by atoms with Gasteiger partial charge >= 0.3 is 5.97 Å². The van der Waals surface area contributed by atoms with Crippen molar-refractivity contribution in [3.8, 4) is 0 Å². The molecule has 0 unspecified atom stereocenters. The molecule has 0 aliphatic heterocycles. The minimum Gasteiger partial charge on any atom is -0.462 e. The normalized spacial score (nSPS) is 10.6. The summed E-state index contributed by atoms with van der Waals surface area (Å²) in [5, 5.41) is 11.9. The van der Waals surface area contributed by atoms with Gasteiger partial charge in [-0.3, -0.25) is 4.79 Å². The number of anilines is 1. The van der Waals surface area contributed by atoms with E-state index in [1.807, 2.05) is 6.92 Å². The summed E-state index contributed by atoms with van der Waals surface area (Å²) in [4.78, 5) is 23.8. The van der Waals surface area contributed by atoms with Crippen molar-refractivity contribution in [1.29, 1.82) is 0 Å². The van der Waals surface area contributed by atoms with Gasteiger partial charge in [0.05, 0.1) is 17.9 Å². The van der Waals surface area contributed by atoms with Crippen LogP contribution in [0.15, 0.2) is 29.4 Å². The zero-order valence-corrected chi connectivity index (χ0v) is 16.1. The van der Waals surface area contributed by atoms with Crippen LogP contribution < -0.4 is 5.32 Å². The Kier molecular flexibility index (Phi) is 7.65. The predicted octanol–water partition coefficient (Wildman–Crippen LogP) is 3.16. The average Bonchev–Trinajstić information content (AvgIpc) is 3.03. The van der Waals surface area contributed by atoms with E-state index >= 15 is 0 Å². The van der Waals surface area contributed by atoms with Crippen molar-refractivity contribution in [2.24, 2.45) is 0 Å². The lowest BCUT2D eigenvalue weighted by molar-refractivity contribution is -0.113. The van der Waals surface area contributed by atoms with Crippen LogP contribution in [0.5, 0.6) is 0 Å². The number of rotatable bonds is 9. The van der Waals surface area contributed by atoms with Crippen molar-refractivity contribution in [3.63, 3.8) is 0 Å². The highest BCUT2D eigenvalue weighted by Crippen LogP contribution is 2.19. The van der Waals surface area contributed by atoms with Crippen molar-refractivity contribution < 1.29 is 14.3 Å². The van der Waals surface area contributed by atoms with E-state index in [1.165, 1.54) is 11.8 Å². The lowest BCUT2D eigenvalue weighted by atomic mass is 10.2. The molecular weight excluding hydrogens is 352 g/mol. The van der Waals surface area contributed by atoms with Crippen molar-refractivity contribution >= 4 is 29.3 Å². The minimum absolute atomic E-state index is 0.136. The van der Waals surface area contributed by atoms with E-state index < -0.39 is 0 Å². The molecule has 0 atom stereocenters. The molecule has 1 N–H and O–H groups in total. The number of carbonyl (C=O) groups excluding carboxylic acids is 2. The number of esters is 1. The van der Waals surface area contributed by atoms with Crippen LogP contribution in [-0.2, 0) is 22.5 Å². The number of aromatic nitrogens is 3. The quantitative estimate of drug-likeness (QED) is 0.534. The third kappa shape index (κ3) is 5.32. The van der Waals surface area contributed by atoms with Crippen LogP contribution in [-0.4, -0.2) is 39.0 Å². The monoisotopic (exact) mass is 376 g/mol. The molecule has 1 amide bonds. The molecule has 1 aromatic carbocycles. The van der Waals surface area contributed by atoms with Gasteiger partial charge < -0.3 is 14.6 Å². The first-order valence-electron chi connectivity index (χ1n) is 8.70. The van der Waals surface area contributed by atoms with Crippen LogP contribution in [0.25, 0.3) is 0 Å². The zero-order valence-electron chi connectivity index (χ0n) is 15.3. The molecule has 1 aromatic heterocycles. The summed E-state index contributed by atoms with van der Waals surface area (Å²) in [6.07, 6.45) is 1.80. The van der Waals surface area contributed by atoms with Crippen molar-refractivity contribution in [1.82, 2.24) is 14.8 Å². The highest BCUT2D eigenvalue weighted by molar-refractivity contribution is 7.99. The summed E-state index contributed by atoms with van der Waals surface area (Å²) in [6, 6.07) is 6.63. The molecule has 0 saturated heterocycles. The van der Waals surface area contributed by atoms with Crippen molar-refractivity contribution in [3.05, 3.63) is 35.7 Å². The largest absolute Gasteiger partial charge is 0.462 e. The number of hydrogen-bond donors (Lipinski definition) is 1. The second-order valence-corrected chi connectivity index (χ2v) is 6.48. The first-order chi connectivity index (χ1) is 12.6. The molecule has 2 rings (SSSR count). The number of nitrogens with one attached hydrogen (secondary N) is 1. The van der Waals surface area contributed by atoms with E-state index in [0.29, 0.717) is 17.9 Å². The van der Waals surface area contributed by atoms with E-state index in [4.69, 9.17) is 4.74 Å². The molecule has 7 nitrogen and oxygen atoms in total. The molecule has 1 heterocycles. The molecule has 140 valence electrons. The third-order valence-corrected chi connectivity index (χ3v) is 4.54. The fourth-order valence-electron chi connectivity index (χ4n) is 2.37. The van der Waals surface area contributed by atoms with E-state index in [2.05, 4.69) is 27.0 Å². The molecule has 0 fully saturated rings. The van der Waals surface area contributed by atoms with Crippen LogP contribution in [0, 0.1) is 0 Å². The van der Waals surface area contributed by atoms with Gasteiger partial charge in [0.25, 0.3) is 0 Å². The highest BCUT2D eigenvalue weighted by atomic mass is 32.2. The van der Waals surface area contributed by atoms with Crippen LogP contribution in [0.3, 0.4) is 0 Å². The Hall–Kier alpha value is -2.35. The van der Waals surface area contributed by atoms with Gasteiger partial charge in [0.1, 0.15) is 5.82 Å². The number of thioether (sulfide) groups is 1. The van der Waals surface area contributed by atoms with Crippen molar-refractivity contribution in [2.75, 3.05) is 17.7 Å². The second-order valence-electron chi connectivity index (χ2n) is 5.54. The zero-order chi connectivity index (χ0) is 18.9. The SMILES string of the molecule is CCCn1c(CC)nnc1SCC(=O)Nc1ccc(C(=O)OCC)cc1. The molecular formula is C18H24N4O3S. The second kappa shape index (κ2) is 9.96. The van der Waals surface area contributed by atoms with Crippen LogP contribution in [0.2, 0.25) is 0 Å². The minimum atomic E-state index is -0.372. The topological polar surface area (TPSA) is 86.1 Å². The van der Waals surface area contributed by atoms with Gasteiger partial charge in [-0.25, -0.2) is 4.79 Å². The van der Waals surface area contributed by atoms with E-state index in [9.17, 15) is 9.59 Å². The molecule has 0 saturated carbocycles. The lowest BCUT2D eigenvalue weighted by Crippen LogP contribution is -2.15. The summed E-state index contributed by atoms with van der Waals surface area (Å²) < 4.78 is 7.00. The number of hydrogen-bond acceptors (Lipinski definition) is 6. The highest BCUT2D eigenvalue weighted by Gasteiger charge is 2.13. The standard InChI is InChI=1S/C18H24N4O3S/c1-4-11-22-15(5-2)20-21-18(22)26-12-16(23)19-14-9-7-13(8-10-14)17(24)25-6-3/h7-10H,4-6,11-12H2,1-3H3,(H,19,23). The number of carbonyl (C=O) groups is 2. The molecule has 0 aliphatic rings. The molecule has 8 heteroatoms. The Labute approximate surface area is 157 Å². The van der Waals surface area contributed by atoms with Gasteiger partial charge in [0.2, 0.25) is 5.91 Å². The maximum atomic E-state index is 12.2. The van der Waals surface area contributed by atoms with Gasteiger partial charge in [-0.2, -0.15) is 0 Å². The molecule has 2 aromatic rings. The first-order valence-corrected chi connectivity index (χ1v) is 9.69. The molecule has 0 aliphatic carbocycles. The summed E-state index contributed by atoms with van der Waals surface area (Å²) in [6.45, 7) is 7.07. The summed E-state index contributed by atoms with van der Waals surface area (Å²) in [7, 11) is 0. The first kappa shape index (κ1) is 20.0. The van der Waals surface area contributed by atoms with Gasteiger partial charge in [0, 0.05) is 18.7 Å². The Morgan fingerprint density at radius 1 is 1.15 bits per heavy atom. The van der Waals surface area contributed by atoms with Gasteiger partial charge in [-0.15, -0.1) is 10.2 Å². The van der Waals surface area contributed by atoms with Crippen molar-refractivity contribution in [2.45, 2.75) is 45.3 Å². The van der Waals surface area contributed by atoms with Gasteiger partial charge in [-0.1, -0.05) is 25.6 Å². The molecule has 0 bridgehead atoms. The van der Waals surface area contributed by atoms with E-state index in [-0.39, 0.29) is 17.6 Å². The Morgan fingerprint density at radius 3 is 2.50 bits per heavy atom. The predicted molar refractivity (Wildman–Crippen MR) is 101 cm³/mol. The number of benzene rings is 1. The lowest BCUT2D eigenvalue weighted by Gasteiger charge is -2.08. The van der Waals surface area contributed by atoms with Crippen LogP contribution in [0.4, 0.5) is 5.69 Å². The van der Waals surface area contributed by atoms with Crippen LogP contribution >= 0.6 is 11.8 Å². The Morgan fingerprint density at radius 2 is 1.88 bits per heavy atom. The summed E-state index contributed by atoms with van der Waals surface area (Å²) in [5.74, 6) is 0.667. The third-order valence-electron chi connectivity index (χ3n) is 3.57. The summed E-state index contributed by atoms with van der Waals surface area (Å²) >= 11 is 1.37. The van der Waals surface area contributed by atoms with E-state index in [1.54, 1.807) is 31.2 Å². The fraction of sp³-hybridized carbons (Fsp3) is 0.444. The maximum Gasteiger partial charge on any atom is 0.338 e. The molecule has 0 spiro atoms.